The number of hydrogen-bond donors (Lipinski definition) is 0. The lowest BCUT2D eigenvalue weighted by Gasteiger charge is -2.11. The molecule has 21 heavy (non-hydrogen) atoms. The Labute approximate surface area is 121 Å². The fraction of sp³-hybridized carbons (Fsp3) is 0.133. The van der Waals surface area contributed by atoms with Gasteiger partial charge in [-0.2, -0.15) is 0 Å². The predicted octanol–water partition coefficient (Wildman–Crippen LogP) is 3.60. The van der Waals surface area contributed by atoms with Crippen molar-refractivity contribution in [3.63, 3.8) is 0 Å². The van der Waals surface area contributed by atoms with Crippen LogP contribution in [0.15, 0.2) is 42.5 Å². The van der Waals surface area contributed by atoms with E-state index < -0.39 is 4.92 Å². The lowest BCUT2D eigenvalue weighted by atomic mass is 10.1. The molecule has 0 atom stereocenters. The van der Waals surface area contributed by atoms with Crippen LogP contribution in [-0.4, -0.2) is 17.8 Å². The normalized spacial score (nSPS) is 10.0. The fourth-order valence-electron chi connectivity index (χ4n) is 1.78. The maximum absolute atomic E-state index is 11.3. The highest BCUT2D eigenvalue weighted by Crippen LogP contribution is 2.36. The number of para-hydroxylation sites is 2. The standard InChI is InChI=1S/C15H13NO5/c1-10(17)11-7-8-14(15(9-11)20-2)21-13-6-4-3-5-12(13)16(18)19/h3-9H,1-2H3. The largest absolute Gasteiger partial charge is 0.493 e. The molecule has 0 radical (unpaired) electrons. The first-order valence-corrected chi connectivity index (χ1v) is 6.13. The summed E-state index contributed by atoms with van der Waals surface area (Å²) >= 11 is 0. The van der Waals surface area contributed by atoms with E-state index in [1.807, 2.05) is 0 Å². The molecule has 0 aliphatic heterocycles. The molecule has 0 saturated heterocycles. The minimum absolute atomic E-state index is 0.106. The summed E-state index contributed by atoms with van der Waals surface area (Å²) in [7, 11) is 1.44. The lowest BCUT2D eigenvalue weighted by Crippen LogP contribution is -1.97. The zero-order valence-corrected chi connectivity index (χ0v) is 11.5. The molecule has 0 aliphatic carbocycles. The molecule has 6 nitrogen and oxygen atoms in total. The molecule has 2 aromatic carbocycles. The van der Waals surface area contributed by atoms with Gasteiger partial charge in [-0.25, -0.2) is 0 Å². The third-order valence-electron chi connectivity index (χ3n) is 2.85. The zero-order valence-electron chi connectivity index (χ0n) is 11.5. The summed E-state index contributed by atoms with van der Waals surface area (Å²) in [5.41, 5.74) is 0.331. The van der Waals surface area contributed by atoms with Gasteiger partial charge in [-0.05, 0) is 31.2 Å². The van der Waals surface area contributed by atoms with E-state index in [4.69, 9.17) is 9.47 Å². The number of carbonyl (C=O) groups is 1. The summed E-state index contributed by atoms with van der Waals surface area (Å²) in [6, 6.07) is 10.7. The monoisotopic (exact) mass is 287 g/mol. The van der Waals surface area contributed by atoms with E-state index in [0.717, 1.165) is 0 Å². The van der Waals surface area contributed by atoms with Gasteiger partial charge in [-0.1, -0.05) is 12.1 Å². The third kappa shape index (κ3) is 3.17. The predicted molar refractivity (Wildman–Crippen MR) is 76.2 cm³/mol. The van der Waals surface area contributed by atoms with Crippen LogP contribution in [0.3, 0.4) is 0 Å². The molecule has 0 bridgehead atoms. The molecular weight excluding hydrogens is 274 g/mol. The van der Waals surface area contributed by atoms with E-state index in [-0.39, 0.29) is 17.2 Å². The molecule has 0 aliphatic rings. The summed E-state index contributed by atoms with van der Waals surface area (Å²) in [4.78, 5) is 21.8. The third-order valence-corrected chi connectivity index (χ3v) is 2.85. The van der Waals surface area contributed by atoms with Crippen molar-refractivity contribution in [1.29, 1.82) is 0 Å². The van der Waals surface area contributed by atoms with Crippen LogP contribution in [0.25, 0.3) is 0 Å². The topological polar surface area (TPSA) is 78.7 Å². The molecule has 0 aromatic heterocycles. The number of nitrogens with zero attached hydrogens (tertiary/aromatic N) is 1. The van der Waals surface area contributed by atoms with Crippen LogP contribution in [0.4, 0.5) is 5.69 Å². The van der Waals surface area contributed by atoms with Gasteiger partial charge in [0.2, 0.25) is 5.75 Å². The van der Waals surface area contributed by atoms with E-state index >= 15 is 0 Å². The van der Waals surface area contributed by atoms with E-state index in [2.05, 4.69) is 0 Å². The van der Waals surface area contributed by atoms with Crippen LogP contribution in [0, 0.1) is 10.1 Å². The summed E-state index contributed by atoms with van der Waals surface area (Å²) in [5, 5.41) is 11.0. The highest BCUT2D eigenvalue weighted by molar-refractivity contribution is 5.94. The molecule has 108 valence electrons. The van der Waals surface area contributed by atoms with Crippen LogP contribution >= 0.6 is 0 Å². The van der Waals surface area contributed by atoms with Crippen molar-refractivity contribution in [3.05, 3.63) is 58.1 Å². The summed E-state index contributed by atoms with van der Waals surface area (Å²) < 4.78 is 10.7. The van der Waals surface area contributed by atoms with E-state index in [9.17, 15) is 14.9 Å². The Morgan fingerprint density at radius 2 is 1.81 bits per heavy atom. The van der Waals surface area contributed by atoms with Crippen molar-refractivity contribution in [2.45, 2.75) is 6.92 Å². The highest BCUT2D eigenvalue weighted by Gasteiger charge is 2.17. The number of nitro groups is 1. The van der Waals surface area contributed by atoms with E-state index in [1.165, 1.54) is 32.2 Å². The number of nitro benzene ring substituents is 1. The Morgan fingerprint density at radius 3 is 2.43 bits per heavy atom. The van der Waals surface area contributed by atoms with Crippen LogP contribution in [-0.2, 0) is 0 Å². The molecule has 2 rings (SSSR count). The van der Waals surface area contributed by atoms with Gasteiger partial charge in [-0.15, -0.1) is 0 Å². The smallest absolute Gasteiger partial charge is 0.311 e. The first-order valence-electron chi connectivity index (χ1n) is 6.13. The molecule has 0 N–H and O–H groups in total. The van der Waals surface area contributed by atoms with Gasteiger partial charge < -0.3 is 9.47 Å². The number of Topliss-reactive ketones (excluding diaryl/α,β-unsaturated/α-hetero) is 1. The van der Waals surface area contributed by atoms with Gasteiger partial charge in [0.25, 0.3) is 0 Å². The Kier molecular flexibility index (Phi) is 4.18. The quantitative estimate of drug-likeness (QED) is 0.477. The number of ketones is 1. The lowest BCUT2D eigenvalue weighted by molar-refractivity contribution is -0.385. The average Bonchev–Trinajstić information content (AvgIpc) is 2.47. The van der Waals surface area contributed by atoms with Crippen molar-refractivity contribution in [1.82, 2.24) is 0 Å². The van der Waals surface area contributed by atoms with E-state index in [1.54, 1.807) is 24.3 Å². The molecule has 0 saturated carbocycles. The van der Waals surface area contributed by atoms with Crippen LogP contribution in [0.1, 0.15) is 17.3 Å². The molecule has 0 amide bonds. The molecule has 0 fully saturated rings. The molecule has 6 heteroatoms. The van der Waals surface area contributed by atoms with Gasteiger partial charge in [0, 0.05) is 11.6 Å². The Hall–Kier alpha value is -2.89. The maximum atomic E-state index is 11.3. The second kappa shape index (κ2) is 6.04. The summed E-state index contributed by atoms with van der Waals surface area (Å²) in [6.07, 6.45) is 0. The van der Waals surface area contributed by atoms with Crippen molar-refractivity contribution < 1.29 is 19.2 Å². The Morgan fingerprint density at radius 1 is 1.10 bits per heavy atom. The highest BCUT2D eigenvalue weighted by atomic mass is 16.6. The van der Waals surface area contributed by atoms with Crippen LogP contribution < -0.4 is 9.47 Å². The first kappa shape index (κ1) is 14.5. The first-order chi connectivity index (χ1) is 10.0. The minimum atomic E-state index is -0.522. The molecule has 0 heterocycles. The molecule has 0 spiro atoms. The Balaban J connectivity index is 2.40. The Bertz CT molecular complexity index is 696. The number of ether oxygens (including phenoxy) is 2. The van der Waals surface area contributed by atoms with Gasteiger partial charge in [-0.3, -0.25) is 14.9 Å². The van der Waals surface area contributed by atoms with Gasteiger partial charge in [0.1, 0.15) is 0 Å². The molecule has 0 unspecified atom stereocenters. The number of carbonyl (C=O) groups excluding carboxylic acids is 1. The number of rotatable bonds is 5. The van der Waals surface area contributed by atoms with Crippen LogP contribution in [0.2, 0.25) is 0 Å². The van der Waals surface area contributed by atoms with Crippen molar-refractivity contribution in [2.75, 3.05) is 7.11 Å². The van der Waals surface area contributed by atoms with Crippen molar-refractivity contribution in [2.24, 2.45) is 0 Å². The number of benzene rings is 2. The fourth-order valence-corrected chi connectivity index (χ4v) is 1.78. The van der Waals surface area contributed by atoms with Gasteiger partial charge in [0.05, 0.1) is 12.0 Å². The molecular formula is C15H13NO5. The number of methoxy groups -OCH3 is 1. The number of hydrogen-bond acceptors (Lipinski definition) is 5. The van der Waals surface area contributed by atoms with Gasteiger partial charge >= 0.3 is 5.69 Å². The SMILES string of the molecule is COc1cc(C(C)=O)ccc1Oc1ccccc1[N+](=O)[O-]. The van der Waals surface area contributed by atoms with Crippen LogP contribution in [0.5, 0.6) is 17.2 Å². The molecule has 2 aromatic rings. The van der Waals surface area contributed by atoms with Gasteiger partial charge in [0.15, 0.2) is 17.3 Å². The minimum Gasteiger partial charge on any atom is -0.493 e. The second-order valence-corrected chi connectivity index (χ2v) is 4.25. The summed E-state index contributed by atoms with van der Waals surface area (Å²) in [5.74, 6) is 0.638. The zero-order chi connectivity index (χ0) is 15.4. The van der Waals surface area contributed by atoms with Crippen molar-refractivity contribution in [3.8, 4) is 17.2 Å². The second-order valence-electron chi connectivity index (χ2n) is 4.25. The summed E-state index contributed by atoms with van der Waals surface area (Å²) in [6.45, 7) is 1.44. The maximum Gasteiger partial charge on any atom is 0.311 e. The van der Waals surface area contributed by atoms with E-state index in [0.29, 0.717) is 17.1 Å². The van der Waals surface area contributed by atoms with Crippen molar-refractivity contribution >= 4 is 11.5 Å². The average molecular weight is 287 g/mol.